The molecule has 1 aromatic carbocycles. The van der Waals surface area contributed by atoms with Crippen LogP contribution in [0.2, 0.25) is 0 Å². The molecule has 1 rings (SSSR count). The summed E-state index contributed by atoms with van der Waals surface area (Å²) < 4.78 is 10.5. The largest absolute Gasteiger partial charge is 0.497 e. The lowest BCUT2D eigenvalue weighted by atomic mass is 10.2. The second-order valence-electron chi connectivity index (χ2n) is 4.00. The van der Waals surface area contributed by atoms with Crippen molar-refractivity contribution in [1.82, 2.24) is 0 Å². The van der Waals surface area contributed by atoms with E-state index < -0.39 is 0 Å². The average Bonchev–Trinajstić information content (AvgIpc) is 2.34. The first-order valence-corrected chi connectivity index (χ1v) is 6.87. The molecule has 0 amide bonds. The third-order valence-corrected chi connectivity index (χ3v) is 3.50. The van der Waals surface area contributed by atoms with E-state index in [2.05, 4.69) is 0 Å². The van der Waals surface area contributed by atoms with Crippen LogP contribution in [-0.4, -0.2) is 26.0 Å². The number of nitrogens with two attached hydrogens (primary N) is 1. The predicted molar refractivity (Wildman–Crippen MR) is 74.0 cm³/mol. The van der Waals surface area contributed by atoms with Gasteiger partial charge in [0, 0.05) is 17.4 Å². The van der Waals surface area contributed by atoms with Gasteiger partial charge in [0.05, 0.1) is 14.2 Å². The second kappa shape index (κ2) is 7.45. The Morgan fingerprint density at radius 2 is 2.06 bits per heavy atom. The molecule has 0 saturated heterocycles. The van der Waals surface area contributed by atoms with Crippen molar-refractivity contribution in [2.45, 2.75) is 25.1 Å². The summed E-state index contributed by atoms with van der Waals surface area (Å²) in [5.74, 6) is 3.78. The Bertz CT molecular complexity index is 342. The molecule has 0 heterocycles. The Morgan fingerprint density at radius 3 is 2.65 bits per heavy atom. The molecule has 0 bridgehead atoms. The fraction of sp³-hybridized carbons (Fsp3) is 0.538. The highest BCUT2D eigenvalue weighted by molar-refractivity contribution is 7.98. The summed E-state index contributed by atoms with van der Waals surface area (Å²) >= 11 is 1.87. The lowest BCUT2D eigenvalue weighted by Crippen LogP contribution is -2.15. The molecule has 1 unspecified atom stereocenters. The maximum atomic E-state index is 5.72. The van der Waals surface area contributed by atoms with Crippen LogP contribution in [0.1, 0.15) is 18.9 Å². The van der Waals surface area contributed by atoms with Gasteiger partial charge in [-0.1, -0.05) is 0 Å². The minimum absolute atomic E-state index is 0.273. The molecule has 17 heavy (non-hydrogen) atoms. The van der Waals surface area contributed by atoms with E-state index in [0.29, 0.717) is 0 Å². The van der Waals surface area contributed by atoms with Crippen molar-refractivity contribution >= 4 is 11.8 Å². The Labute approximate surface area is 108 Å². The zero-order chi connectivity index (χ0) is 12.7. The molecule has 0 aliphatic heterocycles. The molecular formula is C13H21NO2S. The lowest BCUT2D eigenvalue weighted by molar-refractivity contribution is 0.400. The van der Waals surface area contributed by atoms with Crippen molar-refractivity contribution in [2.24, 2.45) is 5.73 Å². The molecular weight excluding hydrogens is 234 g/mol. The molecule has 0 aliphatic rings. The SMILES string of the molecule is COc1ccc(OC)c(CSCCC(C)N)c1. The van der Waals surface area contributed by atoms with Crippen LogP contribution in [0.4, 0.5) is 0 Å². The van der Waals surface area contributed by atoms with Crippen molar-refractivity contribution < 1.29 is 9.47 Å². The molecule has 0 radical (unpaired) electrons. The second-order valence-corrected chi connectivity index (χ2v) is 5.10. The molecule has 0 fully saturated rings. The summed E-state index contributed by atoms with van der Waals surface area (Å²) in [6, 6.07) is 6.15. The van der Waals surface area contributed by atoms with Crippen molar-refractivity contribution in [3.63, 3.8) is 0 Å². The van der Waals surface area contributed by atoms with E-state index >= 15 is 0 Å². The number of ether oxygens (including phenoxy) is 2. The molecule has 2 N–H and O–H groups in total. The zero-order valence-electron chi connectivity index (χ0n) is 10.7. The van der Waals surface area contributed by atoms with Crippen molar-refractivity contribution in [3.05, 3.63) is 23.8 Å². The number of methoxy groups -OCH3 is 2. The first kappa shape index (κ1) is 14.2. The van der Waals surface area contributed by atoms with Gasteiger partial charge in [-0.05, 0) is 37.3 Å². The third kappa shape index (κ3) is 4.88. The van der Waals surface area contributed by atoms with E-state index in [1.807, 2.05) is 36.9 Å². The van der Waals surface area contributed by atoms with Gasteiger partial charge >= 0.3 is 0 Å². The molecule has 3 nitrogen and oxygen atoms in total. The molecule has 1 atom stereocenters. The Hall–Kier alpha value is -0.870. The maximum Gasteiger partial charge on any atom is 0.123 e. The van der Waals surface area contributed by atoms with Gasteiger partial charge in [0.1, 0.15) is 11.5 Å². The Morgan fingerprint density at radius 1 is 1.29 bits per heavy atom. The summed E-state index contributed by atoms with van der Waals surface area (Å²) in [6.45, 7) is 2.03. The van der Waals surface area contributed by atoms with E-state index in [1.54, 1.807) is 14.2 Å². The van der Waals surface area contributed by atoms with Gasteiger partial charge in [0.2, 0.25) is 0 Å². The fourth-order valence-electron chi connectivity index (χ4n) is 1.45. The number of hydrogen-bond acceptors (Lipinski definition) is 4. The van der Waals surface area contributed by atoms with Gasteiger partial charge in [-0.25, -0.2) is 0 Å². The first-order chi connectivity index (χ1) is 8.17. The zero-order valence-corrected chi connectivity index (χ0v) is 11.5. The van der Waals surface area contributed by atoms with E-state index in [-0.39, 0.29) is 6.04 Å². The minimum atomic E-state index is 0.273. The highest BCUT2D eigenvalue weighted by Crippen LogP contribution is 2.27. The molecule has 1 aromatic rings. The van der Waals surface area contributed by atoms with Crippen LogP contribution in [0.5, 0.6) is 11.5 Å². The van der Waals surface area contributed by atoms with Gasteiger partial charge in [0.25, 0.3) is 0 Å². The lowest BCUT2D eigenvalue weighted by Gasteiger charge is -2.10. The topological polar surface area (TPSA) is 44.5 Å². The van der Waals surface area contributed by atoms with Crippen LogP contribution in [0.25, 0.3) is 0 Å². The highest BCUT2D eigenvalue weighted by atomic mass is 32.2. The van der Waals surface area contributed by atoms with Crippen molar-refractivity contribution in [2.75, 3.05) is 20.0 Å². The monoisotopic (exact) mass is 255 g/mol. The summed E-state index contributed by atoms with van der Waals surface area (Å²) in [7, 11) is 3.37. The Balaban J connectivity index is 2.55. The predicted octanol–water partition coefficient (Wildman–Crippen LogP) is 2.67. The quantitative estimate of drug-likeness (QED) is 0.761. The molecule has 96 valence electrons. The van der Waals surface area contributed by atoms with Crippen LogP contribution in [0, 0.1) is 0 Å². The fourth-order valence-corrected chi connectivity index (χ4v) is 2.57. The van der Waals surface area contributed by atoms with Gasteiger partial charge in [-0.2, -0.15) is 11.8 Å². The molecule has 0 spiro atoms. The first-order valence-electron chi connectivity index (χ1n) is 5.71. The Kier molecular flexibility index (Phi) is 6.22. The smallest absolute Gasteiger partial charge is 0.123 e. The van der Waals surface area contributed by atoms with Gasteiger partial charge in [-0.15, -0.1) is 0 Å². The van der Waals surface area contributed by atoms with Crippen LogP contribution >= 0.6 is 11.8 Å². The number of hydrogen-bond donors (Lipinski definition) is 1. The van der Waals surface area contributed by atoms with Crippen LogP contribution in [0.3, 0.4) is 0 Å². The van der Waals surface area contributed by atoms with E-state index in [4.69, 9.17) is 15.2 Å². The van der Waals surface area contributed by atoms with E-state index in [0.717, 1.165) is 29.4 Å². The van der Waals surface area contributed by atoms with Gasteiger partial charge in [0.15, 0.2) is 0 Å². The minimum Gasteiger partial charge on any atom is -0.497 e. The summed E-state index contributed by atoms with van der Waals surface area (Å²) in [4.78, 5) is 0. The maximum absolute atomic E-state index is 5.72. The van der Waals surface area contributed by atoms with E-state index in [1.165, 1.54) is 5.56 Å². The molecule has 0 saturated carbocycles. The normalized spacial score (nSPS) is 12.2. The molecule has 4 heteroatoms. The van der Waals surface area contributed by atoms with E-state index in [9.17, 15) is 0 Å². The number of rotatable bonds is 7. The summed E-state index contributed by atoms with van der Waals surface area (Å²) in [5, 5.41) is 0. The van der Waals surface area contributed by atoms with Crippen LogP contribution in [0.15, 0.2) is 18.2 Å². The number of benzene rings is 1. The summed E-state index contributed by atoms with van der Waals surface area (Å²) in [5.41, 5.74) is 6.88. The van der Waals surface area contributed by atoms with Crippen LogP contribution in [-0.2, 0) is 5.75 Å². The van der Waals surface area contributed by atoms with Crippen molar-refractivity contribution in [3.8, 4) is 11.5 Å². The molecule has 0 aromatic heterocycles. The van der Waals surface area contributed by atoms with Gasteiger partial charge in [-0.3, -0.25) is 0 Å². The molecule has 0 aliphatic carbocycles. The highest BCUT2D eigenvalue weighted by Gasteiger charge is 2.05. The summed E-state index contributed by atoms with van der Waals surface area (Å²) in [6.07, 6.45) is 1.04. The third-order valence-electron chi connectivity index (χ3n) is 2.46. The standard InChI is InChI=1S/C13H21NO2S/c1-10(14)6-7-17-9-11-8-12(15-2)4-5-13(11)16-3/h4-5,8,10H,6-7,9,14H2,1-3H3. The average molecular weight is 255 g/mol. The van der Waals surface area contributed by atoms with Gasteiger partial charge < -0.3 is 15.2 Å². The van der Waals surface area contributed by atoms with Crippen LogP contribution < -0.4 is 15.2 Å². The van der Waals surface area contributed by atoms with Crippen molar-refractivity contribution in [1.29, 1.82) is 0 Å². The number of thioether (sulfide) groups is 1.